The highest BCUT2D eigenvalue weighted by molar-refractivity contribution is 7.26. The molecule has 0 N–H and O–H groups in total. The summed E-state index contributed by atoms with van der Waals surface area (Å²) in [6.45, 7) is 0. The van der Waals surface area contributed by atoms with Gasteiger partial charge in [0.15, 0.2) is 5.58 Å². The van der Waals surface area contributed by atoms with Crippen LogP contribution in [0.4, 0.5) is 17.1 Å². The van der Waals surface area contributed by atoms with Crippen LogP contribution < -0.4 is 4.90 Å². The van der Waals surface area contributed by atoms with E-state index in [1.165, 1.54) is 20.2 Å². The molecule has 0 aliphatic rings. The molecule has 0 aliphatic carbocycles. The van der Waals surface area contributed by atoms with E-state index in [0.717, 1.165) is 83.2 Å². The van der Waals surface area contributed by atoms with Gasteiger partial charge in [-0.1, -0.05) is 127 Å². The lowest BCUT2D eigenvalue weighted by Gasteiger charge is -2.26. The van der Waals surface area contributed by atoms with Crippen molar-refractivity contribution in [3.63, 3.8) is 0 Å². The van der Waals surface area contributed by atoms with E-state index in [1.807, 2.05) is 29.5 Å². The Balaban J connectivity index is 1.07. The van der Waals surface area contributed by atoms with Crippen LogP contribution in [-0.4, -0.2) is 0 Å². The molecule has 0 saturated carbocycles. The Labute approximate surface area is 303 Å². The van der Waals surface area contributed by atoms with Crippen molar-refractivity contribution < 1.29 is 8.83 Å². The third-order valence-corrected chi connectivity index (χ3v) is 11.5. The smallest absolute Gasteiger partial charge is 0.159 e. The molecule has 0 saturated heterocycles. The molecule has 0 unspecified atom stereocenters. The van der Waals surface area contributed by atoms with Gasteiger partial charge in [0.05, 0.1) is 16.1 Å². The third-order valence-electron chi connectivity index (χ3n) is 10.3. The maximum absolute atomic E-state index is 6.63. The summed E-state index contributed by atoms with van der Waals surface area (Å²) in [5.41, 5.74) is 11.3. The molecular formula is C48H29NO2S. The molecule has 52 heavy (non-hydrogen) atoms. The maximum Gasteiger partial charge on any atom is 0.159 e. The van der Waals surface area contributed by atoms with Gasteiger partial charge >= 0.3 is 0 Å². The van der Waals surface area contributed by atoms with Crippen LogP contribution in [-0.2, 0) is 0 Å². The van der Waals surface area contributed by atoms with Crippen molar-refractivity contribution in [2.24, 2.45) is 0 Å². The molecule has 3 nitrogen and oxygen atoms in total. The Bertz CT molecular complexity index is 3020. The van der Waals surface area contributed by atoms with Gasteiger partial charge in [0.1, 0.15) is 16.7 Å². The lowest BCUT2D eigenvalue weighted by Crippen LogP contribution is -2.10. The summed E-state index contributed by atoms with van der Waals surface area (Å²) in [7, 11) is 0. The number of benzene rings is 8. The summed E-state index contributed by atoms with van der Waals surface area (Å²) in [5.74, 6) is 0. The number of hydrogen-bond donors (Lipinski definition) is 0. The van der Waals surface area contributed by atoms with Crippen molar-refractivity contribution in [3.8, 4) is 22.3 Å². The topological polar surface area (TPSA) is 29.5 Å². The van der Waals surface area contributed by atoms with Gasteiger partial charge in [0, 0.05) is 48.3 Å². The highest BCUT2D eigenvalue weighted by atomic mass is 32.1. The van der Waals surface area contributed by atoms with E-state index in [0.29, 0.717) is 0 Å². The van der Waals surface area contributed by atoms with E-state index in [1.54, 1.807) is 0 Å². The fourth-order valence-corrected chi connectivity index (χ4v) is 9.06. The number of hydrogen-bond acceptors (Lipinski definition) is 4. The summed E-state index contributed by atoms with van der Waals surface area (Å²) in [4.78, 5) is 2.37. The normalized spacial score (nSPS) is 11.8. The number of thiophene rings is 1. The van der Waals surface area contributed by atoms with Crippen LogP contribution in [0.2, 0.25) is 0 Å². The van der Waals surface area contributed by atoms with Crippen molar-refractivity contribution in [2.75, 3.05) is 4.90 Å². The second-order valence-electron chi connectivity index (χ2n) is 13.2. The fourth-order valence-electron chi connectivity index (χ4n) is 7.85. The van der Waals surface area contributed by atoms with Gasteiger partial charge in [-0.25, -0.2) is 0 Å². The van der Waals surface area contributed by atoms with Crippen molar-refractivity contribution in [1.82, 2.24) is 0 Å². The first kappa shape index (κ1) is 29.1. The Hall–Kier alpha value is -6.62. The molecule has 0 spiro atoms. The molecule has 11 aromatic rings. The molecule has 0 fully saturated rings. The molecule has 244 valence electrons. The molecule has 0 atom stereocenters. The number of rotatable bonds is 5. The number of furan rings is 2. The predicted molar refractivity (Wildman–Crippen MR) is 219 cm³/mol. The number of fused-ring (bicyclic) bond motifs is 9. The molecule has 3 aromatic heterocycles. The predicted octanol–water partition coefficient (Wildman–Crippen LogP) is 14.7. The standard InChI is InChI=1S/C48H29NO2S/c1-2-11-31(12-3-1)34-15-8-16-38-40-29-32(25-28-44(40)50-46(34)38)30-23-26-33(27-24-30)49(41-19-9-17-37-35-13-4-6-21-43(35)51-47(37)41)42-20-10-18-39-36-14-5-7-22-45(36)52-48(39)42/h1-29H. The molecule has 0 bridgehead atoms. The Morgan fingerprint density at radius 1 is 0.385 bits per heavy atom. The van der Waals surface area contributed by atoms with Crippen LogP contribution in [0.25, 0.3) is 86.3 Å². The summed E-state index contributed by atoms with van der Waals surface area (Å²) >= 11 is 1.84. The van der Waals surface area contributed by atoms with Crippen LogP contribution in [0.5, 0.6) is 0 Å². The summed E-state index contributed by atoms with van der Waals surface area (Å²) in [5, 5.41) is 7.00. The average molecular weight is 684 g/mol. The van der Waals surface area contributed by atoms with Gasteiger partial charge in [-0.2, -0.15) is 0 Å². The minimum Gasteiger partial charge on any atom is -0.455 e. The summed E-state index contributed by atoms with van der Waals surface area (Å²) in [6, 6.07) is 62.4. The van der Waals surface area contributed by atoms with Gasteiger partial charge < -0.3 is 13.7 Å². The minimum absolute atomic E-state index is 0.873. The van der Waals surface area contributed by atoms with Gasteiger partial charge in [-0.05, 0) is 65.2 Å². The zero-order valence-electron chi connectivity index (χ0n) is 27.9. The number of para-hydroxylation sites is 3. The quantitative estimate of drug-likeness (QED) is 0.181. The van der Waals surface area contributed by atoms with Crippen LogP contribution in [0.3, 0.4) is 0 Å². The SMILES string of the molecule is c1ccc(-c2cccc3c2oc2ccc(-c4ccc(N(c5cccc6c5oc5ccccc56)c5cccc6c5sc5ccccc56)cc4)cc23)cc1. The molecule has 0 aliphatic heterocycles. The van der Waals surface area contributed by atoms with Crippen LogP contribution in [0, 0.1) is 0 Å². The maximum atomic E-state index is 6.63. The number of anilines is 3. The second-order valence-corrected chi connectivity index (χ2v) is 14.3. The van der Waals surface area contributed by atoms with Crippen LogP contribution in [0.1, 0.15) is 0 Å². The molecular weight excluding hydrogens is 655 g/mol. The monoisotopic (exact) mass is 683 g/mol. The fraction of sp³-hybridized carbons (Fsp3) is 0. The van der Waals surface area contributed by atoms with Crippen molar-refractivity contribution in [3.05, 3.63) is 176 Å². The first-order valence-corrected chi connectivity index (χ1v) is 18.3. The molecule has 3 heterocycles. The second kappa shape index (κ2) is 11.5. The van der Waals surface area contributed by atoms with Crippen LogP contribution in [0.15, 0.2) is 185 Å². The van der Waals surface area contributed by atoms with E-state index >= 15 is 0 Å². The van der Waals surface area contributed by atoms with Gasteiger partial charge in [0.25, 0.3) is 0 Å². The molecule has 4 heteroatoms. The van der Waals surface area contributed by atoms with Crippen LogP contribution >= 0.6 is 11.3 Å². The van der Waals surface area contributed by atoms with E-state index in [2.05, 4.69) is 163 Å². The minimum atomic E-state index is 0.873. The Morgan fingerprint density at radius 3 is 1.88 bits per heavy atom. The highest BCUT2D eigenvalue weighted by Crippen LogP contribution is 2.48. The van der Waals surface area contributed by atoms with E-state index < -0.39 is 0 Å². The Morgan fingerprint density at radius 2 is 1.02 bits per heavy atom. The average Bonchev–Trinajstić information content (AvgIpc) is 3.90. The first-order valence-electron chi connectivity index (χ1n) is 17.5. The first-order chi connectivity index (χ1) is 25.8. The van der Waals surface area contributed by atoms with Crippen molar-refractivity contribution in [2.45, 2.75) is 0 Å². The highest BCUT2D eigenvalue weighted by Gasteiger charge is 2.22. The van der Waals surface area contributed by atoms with E-state index in [4.69, 9.17) is 8.83 Å². The zero-order chi connectivity index (χ0) is 34.2. The van der Waals surface area contributed by atoms with Gasteiger partial charge in [-0.15, -0.1) is 11.3 Å². The summed E-state index contributed by atoms with van der Waals surface area (Å²) in [6.07, 6.45) is 0. The number of nitrogens with zero attached hydrogens (tertiary/aromatic N) is 1. The van der Waals surface area contributed by atoms with E-state index in [-0.39, 0.29) is 0 Å². The Kier molecular flexibility index (Phi) is 6.42. The molecule has 8 aromatic carbocycles. The third kappa shape index (κ3) is 4.45. The van der Waals surface area contributed by atoms with E-state index in [9.17, 15) is 0 Å². The molecule has 11 rings (SSSR count). The van der Waals surface area contributed by atoms with Crippen molar-refractivity contribution >= 4 is 92.4 Å². The largest absolute Gasteiger partial charge is 0.455 e. The lowest BCUT2D eigenvalue weighted by molar-refractivity contribution is 0.669. The van der Waals surface area contributed by atoms with Crippen molar-refractivity contribution in [1.29, 1.82) is 0 Å². The molecule has 0 amide bonds. The lowest BCUT2D eigenvalue weighted by atomic mass is 10.00. The zero-order valence-corrected chi connectivity index (χ0v) is 28.7. The summed E-state index contributed by atoms with van der Waals surface area (Å²) < 4.78 is 15.6. The molecule has 0 radical (unpaired) electrons. The van der Waals surface area contributed by atoms with Gasteiger partial charge in [-0.3, -0.25) is 0 Å². The van der Waals surface area contributed by atoms with Gasteiger partial charge in [0.2, 0.25) is 0 Å².